The third-order valence-electron chi connectivity index (χ3n) is 1.37. The van der Waals surface area contributed by atoms with E-state index in [-0.39, 0.29) is 0 Å². The first kappa shape index (κ1) is 10.0. The standard InChI is InChI=1S/C8H10N2O2S/c9-6(8(11)12)5-13-7-3-1-2-4-10-7/h1-4,6H,5,9H2,(H,11,12). The van der Waals surface area contributed by atoms with Crippen molar-refractivity contribution >= 4 is 17.7 Å². The van der Waals surface area contributed by atoms with Crippen LogP contribution in [0.5, 0.6) is 0 Å². The molecule has 0 radical (unpaired) electrons. The number of aromatic nitrogens is 1. The smallest absolute Gasteiger partial charge is 0.321 e. The maximum Gasteiger partial charge on any atom is 0.321 e. The van der Waals surface area contributed by atoms with Gasteiger partial charge in [0.15, 0.2) is 0 Å². The second kappa shape index (κ2) is 4.84. The molecule has 0 bridgehead atoms. The Morgan fingerprint density at radius 3 is 3.00 bits per heavy atom. The van der Waals surface area contributed by atoms with Crippen LogP contribution >= 0.6 is 11.8 Å². The zero-order valence-corrected chi connectivity index (χ0v) is 7.70. The Morgan fingerprint density at radius 2 is 2.46 bits per heavy atom. The molecule has 13 heavy (non-hydrogen) atoms. The lowest BCUT2D eigenvalue weighted by Crippen LogP contribution is -2.32. The highest BCUT2D eigenvalue weighted by molar-refractivity contribution is 7.99. The van der Waals surface area contributed by atoms with Crippen molar-refractivity contribution in [2.45, 2.75) is 11.1 Å². The van der Waals surface area contributed by atoms with Gasteiger partial charge in [0, 0.05) is 11.9 Å². The van der Waals surface area contributed by atoms with Gasteiger partial charge in [0.25, 0.3) is 0 Å². The molecule has 0 aromatic carbocycles. The number of hydrogen-bond acceptors (Lipinski definition) is 4. The summed E-state index contributed by atoms with van der Waals surface area (Å²) in [6.45, 7) is 0. The molecule has 3 N–H and O–H groups in total. The van der Waals surface area contributed by atoms with E-state index in [4.69, 9.17) is 10.8 Å². The van der Waals surface area contributed by atoms with Crippen molar-refractivity contribution in [2.75, 3.05) is 5.75 Å². The molecule has 0 amide bonds. The highest BCUT2D eigenvalue weighted by atomic mass is 32.2. The molecule has 0 fully saturated rings. The van der Waals surface area contributed by atoms with Gasteiger partial charge >= 0.3 is 5.97 Å². The van der Waals surface area contributed by atoms with Gasteiger partial charge in [-0.25, -0.2) is 4.98 Å². The summed E-state index contributed by atoms with van der Waals surface area (Å²) in [5.74, 6) is -0.643. The maximum absolute atomic E-state index is 10.4. The number of nitrogens with zero attached hydrogens (tertiary/aromatic N) is 1. The van der Waals surface area contributed by atoms with E-state index in [2.05, 4.69) is 4.98 Å². The van der Waals surface area contributed by atoms with E-state index in [0.29, 0.717) is 5.75 Å². The summed E-state index contributed by atoms with van der Waals surface area (Å²) in [6.07, 6.45) is 1.66. The number of carboxylic acid groups (broad SMARTS) is 1. The van der Waals surface area contributed by atoms with Crippen LogP contribution in [0.2, 0.25) is 0 Å². The summed E-state index contributed by atoms with van der Waals surface area (Å²) < 4.78 is 0. The lowest BCUT2D eigenvalue weighted by molar-refractivity contribution is -0.137. The van der Waals surface area contributed by atoms with E-state index in [9.17, 15) is 4.79 Å². The van der Waals surface area contributed by atoms with Crippen LogP contribution < -0.4 is 5.73 Å². The highest BCUT2D eigenvalue weighted by Gasteiger charge is 2.11. The van der Waals surface area contributed by atoms with Crippen LogP contribution in [0.3, 0.4) is 0 Å². The number of pyridine rings is 1. The maximum atomic E-state index is 10.4. The van der Waals surface area contributed by atoms with Gasteiger partial charge in [-0.05, 0) is 12.1 Å². The highest BCUT2D eigenvalue weighted by Crippen LogP contribution is 2.14. The molecule has 1 unspecified atom stereocenters. The molecule has 1 aromatic rings. The second-order valence-corrected chi connectivity index (χ2v) is 3.46. The quantitative estimate of drug-likeness (QED) is 0.692. The van der Waals surface area contributed by atoms with E-state index in [0.717, 1.165) is 5.03 Å². The molecule has 1 rings (SSSR count). The van der Waals surface area contributed by atoms with Crippen molar-refractivity contribution in [2.24, 2.45) is 5.73 Å². The van der Waals surface area contributed by atoms with Gasteiger partial charge in [-0.1, -0.05) is 6.07 Å². The predicted molar refractivity (Wildman–Crippen MR) is 50.6 cm³/mol. The van der Waals surface area contributed by atoms with E-state index < -0.39 is 12.0 Å². The summed E-state index contributed by atoms with van der Waals surface area (Å²) >= 11 is 1.34. The second-order valence-electron chi connectivity index (χ2n) is 2.42. The molecule has 0 spiro atoms. The van der Waals surface area contributed by atoms with E-state index in [1.54, 1.807) is 12.3 Å². The van der Waals surface area contributed by atoms with Gasteiger partial charge in [0.2, 0.25) is 0 Å². The molecule has 4 nitrogen and oxygen atoms in total. The van der Waals surface area contributed by atoms with Gasteiger partial charge in [0.05, 0.1) is 5.03 Å². The van der Waals surface area contributed by atoms with Crippen LogP contribution in [0, 0.1) is 0 Å². The van der Waals surface area contributed by atoms with Crippen molar-refractivity contribution in [3.8, 4) is 0 Å². The van der Waals surface area contributed by atoms with Crippen molar-refractivity contribution in [1.29, 1.82) is 0 Å². The summed E-state index contributed by atoms with van der Waals surface area (Å²) in [5, 5.41) is 9.29. The molecular weight excluding hydrogens is 188 g/mol. The van der Waals surface area contributed by atoms with E-state index in [1.165, 1.54) is 11.8 Å². The number of thioether (sulfide) groups is 1. The first-order chi connectivity index (χ1) is 6.20. The largest absolute Gasteiger partial charge is 0.480 e. The van der Waals surface area contributed by atoms with Gasteiger partial charge < -0.3 is 10.8 Å². The molecular formula is C8H10N2O2S. The Morgan fingerprint density at radius 1 is 1.69 bits per heavy atom. The van der Waals surface area contributed by atoms with Crippen molar-refractivity contribution in [3.63, 3.8) is 0 Å². The van der Waals surface area contributed by atoms with Gasteiger partial charge in [-0.2, -0.15) is 0 Å². The Bertz CT molecular complexity index is 279. The molecule has 1 aromatic heterocycles. The molecule has 0 aliphatic rings. The normalized spacial score (nSPS) is 12.4. The average molecular weight is 198 g/mol. The van der Waals surface area contributed by atoms with Gasteiger partial charge in [-0.15, -0.1) is 11.8 Å². The van der Waals surface area contributed by atoms with Crippen molar-refractivity contribution in [1.82, 2.24) is 4.98 Å². The Kier molecular flexibility index (Phi) is 3.72. The fourth-order valence-electron chi connectivity index (χ4n) is 0.679. The number of nitrogens with two attached hydrogens (primary N) is 1. The number of hydrogen-bond donors (Lipinski definition) is 2. The Hall–Kier alpha value is -1.07. The zero-order valence-electron chi connectivity index (χ0n) is 6.88. The predicted octanol–water partition coefficient (Wildman–Crippen LogP) is 0.586. The van der Waals surface area contributed by atoms with Crippen LogP contribution in [0.1, 0.15) is 0 Å². The summed E-state index contributed by atoms with van der Waals surface area (Å²) in [4.78, 5) is 14.4. The monoisotopic (exact) mass is 198 g/mol. The van der Waals surface area contributed by atoms with Crippen LogP contribution in [-0.4, -0.2) is 27.9 Å². The molecule has 5 heteroatoms. The molecule has 0 aliphatic carbocycles. The third-order valence-corrected chi connectivity index (χ3v) is 2.43. The van der Waals surface area contributed by atoms with E-state index >= 15 is 0 Å². The number of aliphatic carboxylic acids is 1. The van der Waals surface area contributed by atoms with Gasteiger partial charge in [-0.3, -0.25) is 4.79 Å². The Labute approximate surface area is 80.2 Å². The van der Waals surface area contributed by atoms with Crippen molar-refractivity contribution in [3.05, 3.63) is 24.4 Å². The van der Waals surface area contributed by atoms with E-state index in [1.807, 2.05) is 12.1 Å². The lowest BCUT2D eigenvalue weighted by Gasteiger charge is -2.04. The zero-order chi connectivity index (χ0) is 9.68. The summed E-state index contributed by atoms with van der Waals surface area (Å²) in [5.41, 5.74) is 5.32. The SMILES string of the molecule is NC(CSc1ccccn1)C(=O)O. The molecule has 1 heterocycles. The fraction of sp³-hybridized carbons (Fsp3) is 0.250. The minimum absolute atomic E-state index is 0.340. The Balaban J connectivity index is 2.39. The molecule has 0 saturated heterocycles. The van der Waals surface area contributed by atoms with Crippen LogP contribution in [0.4, 0.5) is 0 Å². The van der Waals surface area contributed by atoms with Crippen molar-refractivity contribution < 1.29 is 9.90 Å². The minimum atomic E-state index is -0.983. The molecule has 0 aliphatic heterocycles. The number of carboxylic acids is 1. The van der Waals surface area contributed by atoms with Crippen LogP contribution in [0.25, 0.3) is 0 Å². The summed E-state index contributed by atoms with van der Waals surface area (Å²) in [7, 11) is 0. The first-order valence-electron chi connectivity index (χ1n) is 3.72. The molecule has 0 saturated carbocycles. The fourth-order valence-corrected chi connectivity index (χ4v) is 1.48. The lowest BCUT2D eigenvalue weighted by atomic mass is 10.4. The molecule has 70 valence electrons. The number of rotatable bonds is 4. The summed E-state index contributed by atoms with van der Waals surface area (Å²) in [6, 6.07) is 4.65. The topological polar surface area (TPSA) is 76.2 Å². The van der Waals surface area contributed by atoms with Crippen LogP contribution in [0.15, 0.2) is 29.4 Å². The minimum Gasteiger partial charge on any atom is -0.480 e. The third kappa shape index (κ3) is 3.43. The van der Waals surface area contributed by atoms with Crippen LogP contribution in [-0.2, 0) is 4.79 Å². The molecule has 1 atom stereocenters. The number of carbonyl (C=O) groups is 1. The first-order valence-corrected chi connectivity index (χ1v) is 4.71. The average Bonchev–Trinajstić information content (AvgIpc) is 2.15. The van der Waals surface area contributed by atoms with Gasteiger partial charge in [0.1, 0.15) is 6.04 Å².